The number of carbonyl (C=O) groups is 2. The lowest BCUT2D eigenvalue weighted by Crippen LogP contribution is -2.58. The highest BCUT2D eigenvalue weighted by Crippen LogP contribution is 2.21. The topological polar surface area (TPSA) is 67.4 Å². The van der Waals surface area contributed by atoms with E-state index in [2.05, 4.69) is 4.74 Å². The minimum absolute atomic E-state index is 1.23. The zero-order chi connectivity index (χ0) is 9.35. The average molecular weight is 184 g/mol. The Bertz CT molecular complexity index is 210. The van der Waals surface area contributed by atoms with E-state index in [1.54, 1.807) is 0 Å². The Hall–Kier alpha value is -1.47. The van der Waals surface area contributed by atoms with Crippen LogP contribution in [0.25, 0.3) is 0 Å². The molecule has 0 spiro atoms. The Morgan fingerprint density at radius 2 is 1.92 bits per heavy atom. The van der Waals surface area contributed by atoms with Crippen LogP contribution in [-0.4, -0.2) is 24.5 Å². The van der Waals surface area contributed by atoms with Crippen molar-refractivity contribution in [1.29, 1.82) is 0 Å². The van der Waals surface area contributed by atoms with Crippen molar-refractivity contribution in [2.24, 2.45) is 0 Å². The molecule has 5 nitrogen and oxygen atoms in total. The first-order valence-corrected chi connectivity index (χ1v) is 2.74. The van der Waals surface area contributed by atoms with Crippen molar-refractivity contribution in [3.8, 4) is 0 Å². The van der Waals surface area contributed by atoms with Crippen molar-refractivity contribution < 1.29 is 27.5 Å². The molecule has 0 aromatic heterocycles. The molecule has 0 aromatic carbocycles. The number of nitrogens with one attached hydrogen (secondary N) is 2. The van der Waals surface area contributed by atoms with Gasteiger partial charge >= 0.3 is 18.3 Å². The smallest absolute Gasteiger partial charge is 0.415 e. The maximum absolute atomic E-state index is 11.8. The molecule has 0 aromatic rings. The fourth-order valence-corrected chi connectivity index (χ4v) is 0.562. The van der Waals surface area contributed by atoms with Crippen LogP contribution in [0.5, 0.6) is 0 Å². The third kappa shape index (κ3) is 1.77. The summed E-state index contributed by atoms with van der Waals surface area (Å²) in [6.07, 6.45) is -8.76. The molecule has 12 heavy (non-hydrogen) atoms. The number of cyclic esters (lactones) is 1. The van der Waals surface area contributed by atoms with E-state index in [9.17, 15) is 22.8 Å². The number of alkyl halides is 3. The van der Waals surface area contributed by atoms with E-state index in [1.165, 1.54) is 10.6 Å². The Morgan fingerprint density at radius 1 is 1.33 bits per heavy atom. The van der Waals surface area contributed by atoms with Crippen molar-refractivity contribution in [2.45, 2.75) is 12.4 Å². The monoisotopic (exact) mass is 184 g/mol. The SMILES string of the molecule is O=C1NC(=O)OC(C(F)(F)F)N1. The minimum atomic E-state index is -4.78. The van der Waals surface area contributed by atoms with E-state index >= 15 is 0 Å². The molecule has 1 fully saturated rings. The normalized spacial score (nSPS) is 24.1. The Morgan fingerprint density at radius 3 is 2.33 bits per heavy atom. The summed E-state index contributed by atoms with van der Waals surface area (Å²) in [4.78, 5) is 20.5. The fraction of sp³-hybridized carbons (Fsp3) is 0.500. The summed E-state index contributed by atoms with van der Waals surface area (Å²) in [5.74, 6) is 0. The standard InChI is InChI=1S/C4H3F3N2O3/c5-4(6,7)1-8-2(10)9-3(11)12-1/h1H,(H2,8,9,10,11). The lowest BCUT2D eigenvalue weighted by molar-refractivity contribution is -0.211. The molecule has 8 heteroatoms. The van der Waals surface area contributed by atoms with Crippen molar-refractivity contribution >= 4 is 12.1 Å². The van der Waals surface area contributed by atoms with Gasteiger partial charge in [0.2, 0.25) is 0 Å². The van der Waals surface area contributed by atoms with Gasteiger partial charge in [0.15, 0.2) is 0 Å². The van der Waals surface area contributed by atoms with Gasteiger partial charge < -0.3 is 4.74 Å². The first-order valence-electron chi connectivity index (χ1n) is 2.74. The van der Waals surface area contributed by atoms with Crippen LogP contribution in [-0.2, 0) is 4.74 Å². The van der Waals surface area contributed by atoms with E-state index in [-0.39, 0.29) is 0 Å². The molecule has 0 radical (unpaired) electrons. The fourth-order valence-electron chi connectivity index (χ4n) is 0.562. The maximum Gasteiger partial charge on any atom is 0.445 e. The van der Waals surface area contributed by atoms with E-state index in [0.717, 1.165) is 0 Å². The summed E-state index contributed by atoms with van der Waals surface area (Å²) in [5.41, 5.74) is 0. The molecule has 1 heterocycles. The number of alkyl carbamates (subject to hydrolysis) is 1. The zero-order valence-electron chi connectivity index (χ0n) is 5.44. The van der Waals surface area contributed by atoms with Crippen LogP contribution in [0.4, 0.5) is 22.8 Å². The predicted octanol–water partition coefficient (Wildman–Crippen LogP) is 0.324. The highest BCUT2D eigenvalue weighted by molar-refractivity contribution is 5.92. The maximum atomic E-state index is 11.8. The van der Waals surface area contributed by atoms with Crippen LogP contribution >= 0.6 is 0 Å². The van der Waals surface area contributed by atoms with Crippen LogP contribution < -0.4 is 10.6 Å². The van der Waals surface area contributed by atoms with Crippen LogP contribution in [0, 0.1) is 0 Å². The van der Waals surface area contributed by atoms with Gasteiger partial charge in [-0.15, -0.1) is 0 Å². The highest BCUT2D eigenvalue weighted by Gasteiger charge is 2.46. The van der Waals surface area contributed by atoms with Crippen LogP contribution in [0.1, 0.15) is 0 Å². The molecule has 1 unspecified atom stereocenters. The number of halogens is 3. The van der Waals surface area contributed by atoms with Gasteiger partial charge in [-0.25, -0.2) is 14.9 Å². The lowest BCUT2D eigenvalue weighted by Gasteiger charge is -2.25. The van der Waals surface area contributed by atoms with Crippen LogP contribution in [0.2, 0.25) is 0 Å². The molecule has 0 aliphatic carbocycles. The van der Waals surface area contributed by atoms with Gasteiger partial charge in [0.05, 0.1) is 0 Å². The van der Waals surface area contributed by atoms with Crippen LogP contribution in [0.15, 0.2) is 0 Å². The summed E-state index contributed by atoms with van der Waals surface area (Å²) >= 11 is 0. The summed E-state index contributed by atoms with van der Waals surface area (Å²) in [6, 6.07) is -1.23. The number of hydrogen-bond donors (Lipinski definition) is 2. The number of rotatable bonds is 0. The van der Waals surface area contributed by atoms with E-state index in [1.807, 2.05) is 0 Å². The quantitative estimate of drug-likeness (QED) is 0.569. The number of urea groups is 1. The number of hydrogen-bond acceptors (Lipinski definition) is 3. The summed E-state index contributed by atoms with van der Waals surface area (Å²) < 4.78 is 39.0. The van der Waals surface area contributed by atoms with Crippen molar-refractivity contribution in [3.63, 3.8) is 0 Å². The molecular weight excluding hydrogens is 181 g/mol. The molecule has 1 aliphatic rings. The largest absolute Gasteiger partial charge is 0.445 e. The molecule has 1 saturated heterocycles. The van der Waals surface area contributed by atoms with E-state index in [4.69, 9.17) is 0 Å². The molecule has 3 amide bonds. The Kier molecular flexibility index (Phi) is 1.82. The third-order valence-electron chi connectivity index (χ3n) is 1.000. The van der Waals surface area contributed by atoms with Gasteiger partial charge in [0.25, 0.3) is 6.23 Å². The molecule has 0 saturated carbocycles. The predicted molar refractivity (Wildman–Crippen MR) is 28.0 cm³/mol. The van der Waals surface area contributed by atoms with Gasteiger partial charge in [0.1, 0.15) is 0 Å². The first-order chi connectivity index (χ1) is 5.39. The van der Waals surface area contributed by atoms with Gasteiger partial charge in [-0.1, -0.05) is 0 Å². The number of ether oxygens (including phenoxy) is 1. The van der Waals surface area contributed by atoms with Gasteiger partial charge in [0, 0.05) is 0 Å². The van der Waals surface area contributed by atoms with E-state index in [0.29, 0.717) is 0 Å². The molecule has 1 aliphatic heterocycles. The average Bonchev–Trinajstić information content (AvgIpc) is 1.82. The lowest BCUT2D eigenvalue weighted by atomic mass is 10.5. The molecule has 68 valence electrons. The molecule has 0 bridgehead atoms. The third-order valence-corrected chi connectivity index (χ3v) is 1.000. The Balaban J connectivity index is 2.68. The number of imide groups is 1. The second kappa shape index (κ2) is 2.54. The van der Waals surface area contributed by atoms with Gasteiger partial charge in [-0.05, 0) is 0 Å². The summed E-state index contributed by atoms with van der Waals surface area (Å²) in [6.45, 7) is 0. The minimum Gasteiger partial charge on any atom is -0.415 e. The van der Waals surface area contributed by atoms with Gasteiger partial charge in [-0.2, -0.15) is 13.2 Å². The summed E-state index contributed by atoms with van der Waals surface area (Å²) in [5, 5.41) is 2.84. The van der Waals surface area contributed by atoms with E-state index < -0.39 is 24.5 Å². The van der Waals surface area contributed by atoms with Crippen molar-refractivity contribution in [1.82, 2.24) is 10.6 Å². The van der Waals surface area contributed by atoms with Crippen LogP contribution in [0.3, 0.4) is 0 Å². The molecular formula is C4H3F3N2O3. The second-order valence-electron chi connectivity index (χ2n) is 1.93. The Labute approximate surface area is 63.9 Å². The number of amides is 3. The van der Waals surface area contributed by atoms with Crippen molar-refractivity contribution in [3.05, 3.63) is 0 Å². The molecule has 1 rings (SSSR count). The molecule has 1 atom stereocenters. The second-order valence-corrected chi connectivity index (χ2v) is 1.93. The summed E-state index contributed by atoms with van der Waals surface area (Å²) in [7, 11) is 0. The first kappa shape index (κ1) is 8.62. The highest BCUT2D eigenvalue weighted by atomic mass is 19.4. The molecule has 2 N–H and O–H groups in total. The zero-order valence-corrected chi connectivity index (χ0v) is 5.44. The van der Waals surface area contributed by atoms with Crippen molar-refractivity contribution in [2.75, 3.05) is 0 Å². The van der Waals surface area contributed by atoms with Gasteiger partial charge in [-0.3, -0.25) is 5.32 Å². The number of carbonyl (C=O) groups excluding carboxylic acids is 2.